The topological polar surface area (TPSA) is 123 Å². The Bertz CT molecular complexity index is 1060. The molecule has 0 unspecified atom stereocenters. The molecule has 2 aromatic heterocycles. The number of ether oxygens (including phenoxy) is 2. The third-order valence-electron chi connectivity index (χ3n) is 7.08. The normalized spacial score (nSPS) is 29.2. The maximum Gasteiger partial charge on any atom is 0.309 e. The Morgan fingerprint density at radius 3 is 2.85 bits per heavy atom. The first-order chi connectivity index (χ1) is 16.4. The lowest BCUT2D eigenvalue weighted by Gasteiger charge is -2.30. The molecule has 0 amide bonds. The summed E-state index contributed by atoms with van der Waals surface area (Å²) in [5, 5.41) is 10.7. The molecule has 2 fully saturated rings. The predicted octanol–water partition coefficient (Wildman–Crippen LogP) is 4.23. The molecule has 10 heteroatoms. The molecule has 0 aromatic carbocycles. The third-order valence-corrected chi connectivity index (χ3v) is 7.08. The number of aliphatic hydroxyl groups excluding tert-OH is 1. The van der Waals surface area contributed by atoms with Gasteiger partial charge >= 0.3 is 5.97 Å². The Kier molecular flexibility index (Phi) is 7.33. The van der Waals surface area contributed by atoms with Crippen LogP contribution >= 0.6 is 0 Å². The van der Waals surface area contributed by atoms with Crippen LogP contribution in [0, 0.1) is 30.3 Å². The molecule has 0 bridgehead atoms. The predicted molar refractivity (Wildman–Crippen MR) is 122 cm³/mol. The van der Waals surface area contributed by atoms with Crippen molar-refractivity contribution >= 4 is 23.0 Å². The number of terminal acetylenes is 1. The Labute approximate surface area is 198 Å². The number of imidazole rings is 1. The zero-order valence-electron chi connectivity index (χ0n) is 19.4. The summed E-state index contributed by atoms with van der Waals surface area (Å²) in [6.45, 7) is 1.92. The van der Waals surface area contributed by atoms with Crippen molar-refractivity contribution in [3.63, 3.8) is 0 Å². The fourth-order valence-electron chi connectivity index (χ4n) is 4.99. The first-order valence-electron chi connectivity index (χ1n) is 12.0. The minimum absolute atomic E-state index is 0.0645. The van der Waals surface area contributed by atoms with Crippen molar-refractivity contribution in [3.8, 4) is 12.3 Å². The van der Waals surface area contributed by atoms with Crippen LogP contribution in [0.25, 0.3) is 16.9 Å². The van der Waals surface area contributed by atoms with Gasteiger partial charge in [-0.3, -0.25) is 9.36 Å². The number of nitrogens with zero attached hydrogens (tertiary/aromatic N) is 4. The van der Waals surface area contributed by atoms with Gasteiger partial charge in [-0.05, 0) is 37.4 Å². The lowest BCUT2D eigenvalue weighted by Crippen LogP contribution is -2.44. The van der Waals surface area contributed by atoms with E-state index in [0.29, 0.717) is 5.92 Å². The van der Waals surface area contributed by atoms with Crippen LogP contribution in [0.2, 0.25) is 0 Å². The van der Waals surface area contributed by atoms with Crippen molar-refractivity contribution in [2.75, 3.05) is 6.61 Å². The Balaban J connectivity index is 1.37. The van der Waals surface area contributed by atoms with E-state index in [1.807, 2.05) is 0 Å². The van der Waals surface area contributed by atoms with Crippen LogP contribution < -0.4 is 0 Å². The molecule has 1 aliphatic carbocycles. The molecule has 1 saturated heterocycles. The van der Waals surface area contributed by atoms with Gasteiger partial charge in [-0.1, -0.05) is 38.5 Å². The standard InChI is InChI=1S/C24H31FN5O4/c1-3-5-6-7-15-8-10-16(11-9-15)22(32)33-13-24(4-2)17(31)12-18(34-24)30-14-27-19-20(26)28-23(25)29-21(19)30/h2,14-18,31H,3,5-13H2,1H3,(H-,26,28,29)/q-1/t15?,16?,17-,18+,24+/m0/s1. The molecular weight excluding hydrogens is 441 g/mol. The summed E-state index contributed by atoms with van der Waals surface area (Å²) < 4.78 is 26.6. The first-order valence-corrected chi connectivity index (χ1v) is 12.0. The fraction of sp³-hybridized carbons (Fsp3) is 0.667. The average molecular weight is 473 g/mol. The van der Waals surface area contributed by atoms with Gasteiger partial charge in [0.15, 0.2) is 11.2 Å². The van der Waals surface area contributed by atoms with Crippen molar-refractivity contribution in [3.05, 3.63) is 18.1 Å². The minimum atomic E-state index is -1.54. The summed E-state index contributed by atoms with van der Waals surface area (Å²) in [5.41, 5.74) is 6.39. The number of hydrogen-bond acceptors (Lipinski definition) is 7. The van der Waals surface area contributed by atoms with Crippen molar-refractivity contribution in [1.29, 1.82) is 0 Å². The van der Waals surface area contributed by atoms with Gasteiger partial charge in [0.2, 0.25) is 6.08 Å². The van der Waals surface area contributed by atoms with Crippen molar-refractivity contribution < 1.29 is 23.8 Å². The number of esters is 1. The van der Waals surface area contributed by atoms with Crippen LogP contribution in [0.1, 0.15) is 70.9 Å². The highest BCUT2D eigenvalue weighted by Gasteiger charge is 2.49. The molecule has 1 saturated carbocycles. The van der Waals surface area contributed by atoms with Crippen molar-refractivity contribution in [2.45, 2.75) is 82.6 Å². The molecule has 184 valence electrons. The molecule has 4 rings (SSSR count). The summed E-state index contributed by atoms with van der Waals surface area (Å²) in [4.78, 5) is 23.8. The highest BCUT2D eigenvalue weighted by Crippen LogP contribution is 2.39. The minimum Gasteiger partial charge on any atom is -0.480 e. The molecule has 0 spiro atoms. The lowest BCUT2D eigenvalue weighted by atomic mass is 9.80. The van der Waals surface area contributed by atoms with Crippen LogP contribution in [-0.4, -0.2) is 48.9 Å². The third kappa shape index (κ3) is 4.86. The highest BCUT2D eigenvalue weighted by atomic mass is 19.1. The molecule has 0 radical (unpaired) electrons. The van der Waals surface area contributed by atoms with Gasteiger partial charge < -0.3 is 25.3 Å². The summed E-state index contributed by atoms with van der Waals surface area (Å²) in [5.74, 6) is 2.30. The number of aliphatic hydroxyl groups is 1. The lowest BCUT2D eigenvalue weighted by molar-refractivity contribution is -0.162. The monoisotopic (exact) mass is 472 g/mol. The molecule has 3 atom stereocenters. The van der Waals surface area contributed by atoms with Crippen molar-refractivity contribution in [2.24, 2.45) is 11.8 Å². The Morgan fingerprint density at radius 2 is 2.15 bits per heavy atom. The Hall–Kier alpha value is -2.77. The smallest absolute Gasteiger partial charge is 0.309 e. The van der Waals surface area contributed by atoms with Gasteiger partial charge in [0.1, 0.15) is 24.5 Å². The van der Waals surface area contributed by atoms with E-state index >= 15 is 0 Å². The number of carbonyl (C=O) groups is 1. The summed E-state index contributed by atoms with van der Waals surface area (Å²) in [6.07, 6.45) is 12.7. The van der Waals surface area contributed by atoms with E-state index in [0.717, 1.165) is 25.7 Å². The maximum atomic E-state index is 13.7. The van der Waals surface area contributed by atoms with E-state index in [4.69, 9.17) is 21.6 Å². The van der Waals surface area contributed by atoms with Crippen LogP contribution in [0.4, 0.5) is 10.2 Å². The van der Waals surface area contributed by atoms with E-state index in [1.54, 1.807) is 0 Å². The molecule has 1 aliphatic heterocycles. The van der Waals surface area contributed by atoms with E-state index < -0.39 is 24.0 Å². The molecule has 34 heavy (non-hydrogen) atoms. The number of aromatic nitrogens is 4. The zero-order valence-corrected chi connectivity index (χ0v) is 19.4. The molecular formula is C24H31FN5O4-. The Morgan fingerprint density at radius 1 is 1.38 bits per heavy atom. The van der Waals surface area contributed by atoms with E-state index in [1.165, 1.54) is 36.6 Å². The zero-order chi connectivity index (χ0) is 24.3. The number of fused-ring (bicyclic) bond motifs is 1. The molecule has 2 N–H and O–H groups in total. The number of nitrogens with one attached hydrogen (secondary N) is 1. The van der Waals surface area contributed by atoms with Gasteiger partial charge in [-0.25, -0.2) is 9.97 Å². The fourth-order valence-corrected chi connectivity index (χ4v) is 4.99. The van der Waals surface area contributed by atoms with Crippen LogP contribution in [0.5, 0.6) is 0 Å². The van der Waals surface area contributed by atoms with Crippen molar-refractivity contribution in [1.82, 2.24) is 19.5 Å². The van der Waals surface area contributed by atoms with E-state index in [2.05, 4.69) is 27.8 Å². The van der Waals surface area contributed by atoms with Crippen LogP contribution in [0.3, 0.4) is 0 Å². The van der Waals surface area contributed by atoms with E-state index in [9.17, 15) is 14.3 Å². The summed E-state index contributed by atoms with van der Waals surface area (Å²) in [7, 11) is 0. The summed E-state index contributed by atoms with van der Waals surface area (Å²) >= 11 is 0. The second-order valence-corrected chi connectivity index (χ2v) is 9.34. The van der Waals surface area contributed by atoms with Crippen LogP contribution in [0.15, 0.2) is 6.33 Å². The number of unbranched alkanes of at least 4 members (excludes halogenated alkanes) is 2. The largest absolute Gasteiger partial charge is 0.480 e. The van der Waals surface area contributed by atoms with E-state index in [-0.39, 0.29) is 41.9 Å². The SMILES string of the molecule is C#C[C@]1(COC(=O)C2CCC(CCCCC)CC2)O[C@@H](n2cnc3c([NH-])nc(F)nc32)C[C@@H]1O. The second-order valence-electron chi connectivity index (χ2n) is 9.34. The summed E-state index contributed by atoms with van der Waals surface area (Å²) in [6, 6.07) is 0. The quantitative estimate of drug-likeness (QED) is 0.264. The van der Waals surface area contributed by atoms with Gasteiger partial charge in [0.25, 0.3) is 0 Å². The number of hydrogen-bond donors (Lipinski definition) is 1. The second kappa shape index (κ2) is 10.2. The average Bonchev–Trinajstić information content (AvgIpc) is 3.39. The molecule has 3 heterocycles. The maximum absolute atomic E-state index is 13.7. The highest BCUT2D eigenvalue weighted by molar-refractivity contribution is 5.82. The molecule has 2 aliphatic rings. The van der Waals surface area contributed by atoms with Crippen LogP contribution in [-0.2, 0) is 14.3 Å². The number of rotatable bonds is 8. The number of carbonyl (C=O) groups excluding carboxylic acids is 1. The molecule has 9 nitrogen and oxygen atoms in total. The van der Waals surface area contributed by atoms with Gasteiger partial charge in [0.05, 0.1) is 12.2 Å². The number of halogens is 1. The van der Waals surface area contributed by atoms with Gasteiger partial charge in [-0.2, -0.15) is 4.39 Å². The molecule has 2 aromatic rings. The van der Waals surface area contributed by atoms with Gasteiger partial charge in [0, 0.05) is 6.42 Å². The van der Waals surface area contributed by atoms with Gasteiger partial charge in [-0.15, -0.1) is 6.42 Å². The first kappa shape index (κ1) is 24.4.